The van der Waals surface area contributed by atoms with Gasteiger partial charge in [0.25, 0.3) is 0 Å². The van der Waals surface area contributed by atoms with Gasteiger partial charge in [-0.15, -0.1) is 0 Å². The second kappa shape index (κ2) is 4.21. The maximum atomic E-state index is 12.7. The molecule has 0 fully saturated rings. The number of carbonyl (C=O) groups is 1. The number of nitrogens with two attached hydrogens (primary N) is 1. The van der Waals surface area contributed by atoms with Crippen LogP contribution in [0.3, 0.4) is 0 Å². The van der Waals surface area contributed by atoms with Crippen LogP contribution in [0, 0.1) is 5.82 Å². The molecule has 1 heterocycles. The average Bonchev–Trinajstić information content (AvgIpc) is 2.29. The summed E-state index contributed by atoms with van der Waals surface area (Å²) in [7, 11) is 0. The Balaban J connectivity index is 2.43. The van der Waals surface area contributed by atoms with Crippen LogP contribution in [-0.4, -0.2) is 10.8 Å². The SMILES string of the molecule is Nc1[nH]c(=O)ccc1C(=O)c1ccc(F)cc1. The monoisotopic (exact) mass is 232 g/mol. The topological polar surface area (TPSA) is 76.0 Å². The van der Waals surface area contributed by atoms with E-state index in [1.54, 1.807) is 0 Å². The lowest BCUT2D eigenvalue weighted by atomic mass is 10.0. The Morgan fingerprint density at radius 2 is 1.76 bits per heavy atom. The van der Waals surface area contributed by atoms with E-state index in [-0.39, 0.29) is 22.7 Å². The number of H-pyrrole nitrogens is 1. The van der Waals surface area contributed by atoms with Crippen molar-refractivity contribution in [1.82, 2.24) is 4.98 Å². The molecule has 0 bridgehead atoms. The van der Waals surface area contributed by atoms with Crippen molar-refractivity contribution in [3.63, 3.8) is 0 Å². The van der Waals surface area contributed by atoms with Crippen LogP contribution in [0.15, 0.2) is 41.2 Å². The fourth-order valence-corrected chi connectivity index (χ4v) is 1.45. The highest BCUT2D eigenvalue weighted by molar-refractivity contribution is 6.11. The number of carbonyl (C=O) groups excluding carboxylic acids is 1. The number of benzene rings is 1. The molecule has 3 N–H and O–H groups in total. The second-order valence-electron chi connectivity index (χ2n) is 3.49. The minimum atomic E-state index is -0.420. The Kier molecular flexibility index (Phi) is 2.74. The Morgan fingerprint density at radius 1 is 1.12 bits per heavy atom. The van der Waals surface area contributed by atoms with E-state index in [9.17, 15) is 14.0 Å². The van der Waals surface area contributed by atoms with Crippen molar-refractivity contribution in [1.29, 1.82) is 0 Å². The summed E-state index contributed by atoms with van der Waals surface area (Å²) >= 11 is 0. The average molecular weight is 232 g/mol. The summed E-state index contributed by atoms with van der Waals surface area (Å²) in [5, 5.41) is 0. The maximum absolute atomic E-state index is 12.7. The number of aromatic nitrogens is 1. The van der Waals surface area contributed by atoms with Gasteiger partial charge in [0.15, 0.2) is 5.78 Å². The van der Waals surface area contributed by atoms with E-state index >= 15 is 0 Å². The number of pyridine rings is 1. The van der Waals surface area contributed by atoms with Crippen LogP contribution in [-0.2, 0) is 0 Å². The largest absolute Gasteiger partial charge is 0.385 e. The molecule has 1 aromatic carbocycles. The molecule has 1 aromatic heterocycles. The predicted molar refractivity (Wildman–Crippen MR) is 61.3 cm³/mol. The summed E-state index contributed by atoms with van der Waals surface area (Å²) in [5.41, 5.74) is 5.66. The third-order valence-corrected chi connectivity index (χ3v) is 2.30. The van der Waals surface area contributed by atoms with Gasteiger partial charge in [0.1, 0.15) is 11.6 Å². The van der Waals surface area contributed by atoms with Crippen LogP contribution in [0.5, 0.6) is 0 Å². The molecule has 0 atom stereocenters. The predicted octanol–water partition coefficient (Wildman–Crippen LogP) is 1.33. The minimum absolute atomic E-state index is 0.00632. The molecule has 0 radical (unpaired) electrons. The Bertz CT molecular complexity index is 617. The molecular formula is C12H9FN2O2. The molecule has 0 spiro atoms. The van der Waals surface area contributed by atoms with E-state index < -0.39 is 5.82 Å². The van der Waals surface area contributed by atoms with Crippen LogP contribution in [0.4, 0.5) is 10.2 Å². The van der Waals surface area contributed by atoms with Gasteiger partial charge < -0.3 is 10.7 Å². The fourth-order valence-electron chi connectivity index (χ4n) is 1.45. The first-order valence-electron chi connectivity index (χ1n) is 4.87. The molecule has 86 valence electrons. The van der Waals surface area contributed by atoms with Gasteiger partial charge >= 0.3 is 0 Å². The van der Waals surface area contributed by atoms with Crippen molar-refractivity contribution in [3.8, 4) is 0 Å². The number of aromatic amines is 1. The van der Waals surface area contributed by atoms with Crippen LogP contribution >= 0.6 is 0 Å². The van der Waals surface area contributed by atoms with Crippen molar-refractivity contribution in [2.45, 2.75) is 0 Å². The first-order chi connectivity index (χ1) is 8.08. The molecular weight excluding hydrogens is 223 g/mol. The van der Waals surface area contributed by atoms with Gasteiger partial charge in [-0.05, 0) is 30.3 Å². The zero-order chi connectivity index (χ0) is 12.4. The molecule has 0 aliphatic heterocycles. The zero-order valence-corrected chi connectivity index (χ0v) is 8.74. The van der Waals surface area contributed by atoms with E-state index in [1.165, 1.54) is 36.4 Å². The van der Waals surface area contributed by atoms with Crippen molar-refractivity contribution < 1.29 is 9.18 Å². The molecule has 2 rings (SSSR count). The van der Waals surface area contributed by atoms with Crippen molar-refractivity contribution in [2.24, 2.45) is 0 Å². The molecule has 17 heavy (non-hydrogen) atoms. The molecule has 2 aromatic rings. The van der Waals surface area contributed by atoms with Gasteiger partial charge in [0.2, 0.25) is 5.56 Å². The quantitative estimate of drug-likeness (QED) is 0.767. The van der Waals surface area contributed by atoms with E-state index in [0.717, 1.165) is 0 Å². The fraction of sp³-hybridized carbons (Fsp3) is 0. The molecule has 0 amide bonds. The van der Waals surface area contributed by atoms with Gasteiger partial charge in [-0.2, -0.15) is 0 Å². The highest BCUT2D eigenvalue weighted by Gasteiger charge is 2.12. The zero-order valence-electron chi connectivity index (χ0n) is 8.74. The number of rotatable bonds is 2. The van der Waals surface area contributed by atoms with Gasteiger partial charge in [-0.1, -0.05) is 0 Å². The molecule has 5 heteroatoms. The Labute approximate surface area is 95.9 Å². The molecule has 0 aliphatic rings. The molecule has 4 nitrogen and oxygen atoms in total. The third kappa shape index (κ3) is 2.23. The molecule has 0 saturated carbocycles. The van der Waals surface area contributed by atoms with Crippen LogP contribution in [0.2, 0.25) is 0 Å². The van der Waals surface area contributed by atoms with Crippen molar-refractivity contribution in [2.75, 3.05) is 5.73 Å². The van der Waals surface area contributed by atoms with E-state index in [2.05, 4.69) is 4.98 Å². The number of ketones is 1. The van der Waals surface area contributed by atoms with Crippen LogP contribution < -0.4 is 11.3 Å². The Morgan fingerprint density at radius 3 is 2.35 bits per heavy atom. The van der Waals surface area contributed by atoms with Gasteiger partial charge in [-0.3, -0.25) is 9.59 Å². The number of nitrogen functional groups attached to an aromatic ring is 1. The number of hydrogen-bond acceptors (Lipinski definition) is 3. The lowest BCUT2D eigenvalue weighted by Gasteiger charge is -2.03. The number of halogens is 1. The Hall–Kier alpha value is -2.43. The summed E-state index contributed by atoms with van der Waals surface area (Å²) in [6, 6.07) is 7.67. The smallest absolute Gasteiger partial charge is 0.249 e. The number of hydrogen-bond donors (Lipinski definition) is 2. The molecule has 0 unspecified atom stereocenters. The maximum Gasteiger partial charge on any atom is 0.249 e. The van der Waals surface area contributed by atoms with Crippen LogP contribution in [0.1, 0.15) is 15.9 Å². The van der Waals surface area contributed by atoms with Crippen LogP contribution in [0.25, 0.3) is 0 Å². The summed E-state index contributed by atoms with van der Waals surface area (Å²) in [5.74, 6) is -0.776. The third-order valence-electron chi connectivity index (χ3n) is 2.30. The van der Waals surface area contributed by atoms with E-state index in [4.69, 9.17) is 5.73 Å². The first kappa shape index (κ1) is 11.1. The van der Waals surface area contributed by atoms with Gasteiger partial charge in [-0.25, -0.2) is 4.39 Å². The lowest BCUT2D eigenvalue weighted by molar-refractivity contribution is 0.103. The summed E-state index contributed by atoms with van der Waals surface area (Å²) < 4.78 is 12.7. The summed E-state index contributed by atoms with van der Waals surface area (Å²) in [6.45, 7) is 0. The molecule has 0 aliphatic carbocycles. The minimum Gasteiger partial charge on any atom is -0.385 e. The first-order valence-corrected chi connectivity index (χ1v) is 4.87. The van der Waals surface area contributed by atoms with Crippen molar-refractivity contribution in [3.05, 3.63) is 63.7 Å². The van der Waals surface area contributed by atoms with Gasteiger partial charge in [0, 0.05) is 11.6 Å². The highest BCUT2D eigenvalue weighted by atomic mass is 19.1. The molecule has 0 saturated heterocycles. The number of nitrogens with one attached hydrogen (secondary N) is 1. The van der Waals surface area contributed by atoms with Gasteiger partial charge in [0.05, 0.1) is 5.56 Å². The lowest BCUT2D eigenvalue weighted by Crippen LogP contribution is -2.13. The summed E-state index contributed by atoms with van der Waals surface area (Å²) in [6.07, 6.45) is 0. The standard InChI is InChI=1S/C12H9FN2O2/c13-8-3-1-7(2-4-8)11(17)9-5-6-10(16)15-12(9)14/h1-6H,(H3,14,15,16). The number of anilines is 1. The normalized spacial score (nSPS) is 10.2. The van der Waals surface area contributed by atoms with E-state index in [1.807, 2.05) is 0 Å². The highest BCUT2D eigenvalue weighted by Crippen LogP contribution is 2.13. The summed E-state index contributed by atoms with van der Waals surface area (Å²) in [4.78, 5) is 25.2. The second-order valence-corrected chi connectivity index (χ2v) is 3.49. The van der Waals surface area contributed by atoms with E-state index in [0.29, 0.717) is 5.56 Å². The van der Waals surface area contributed by atoms with Crippen molar-refractivity contribution >= 4 is 11.6 Å².